The SMILES string of the molecule is CC(C)C[C@H](NC(=O)[C@@H](NC(=O)O)C(C)C)C(=O)NC1CCCNC(=O)C1=O. The van der Waals surface area contributed by atoms with Crippen LogP contribution in [-0.4, -0.2) is 59.4 Å². The highest BCUT2D eigenvalue weighted by atomic mass is 16.4. The van der Waals surface area contributed by atoms with Gasteiger partial charge in [-0.05, 0) is 31.1 Å². The lowest BCUT2D eigenvalue weighted by Crippen LogP contribution is -2.57. The highest BCUT2D eigenvalue weighted by Gasteiger charge is 2.33. The van der Waals surface area contributed by atoms with E-state index in [2.05, 4.69) is 21.3 Å². The van der Waals surface area contributed by atoms with Gasteiger partial charge in [0.15, 0.2) is 0 Å². The van der Waals surface area contributed by atoms with Gasteiger partial charge in [0, 0.05) is 6.54 Å². The molecule has 0 radical (unpaired) electrons. The number of carbonyl (C=O) groups is 5. The lowest BCUT2D eigenvalue weighted by atomic mass is 9.99. The van der Waals surface area contributed by atoms with Gasteiger partial charge in [-0.15, -0.1) is 0 Å². The second-order valence-electron chi connectivity index (χ2n) is 7.69. The van der Waals surface area contributed by atoms with E-state index in [1.807, 2.05) is 13.8 Å². The Morgan fingerprint density at radius 3 is 2.29 bits per heavy atom. The molecule has 1 aliphatic heterocycles. The molecule has 1 heterocycles. The van der Waals surface area contributed by atoms with Crippen LogP contribution in [0, 0.1) is 11.8 Å². The maximum Gasteiger partial charge on any atom is 0.405 e. The number of carboxylic acid groups (broad SMARTS) is 1. The quantitative estimate of drug-likeness (QED) is 0.356. The summed E-state index contributed by atoms with van der Waals surface area (Å²) in [4.78, 5) is 59.9. The van der Waals surface area contributed by atoms with Crippen LogP contribution in [0.5, 0.6) is 0 Å². The number of amides is 4. The molecule has 1 unspecified atom stereocenters. The first-order valence-corrected chi connectivity index (χ1v) is 9.45. The average molecular weight is 398 g/mol. The lowest BCUT2D eigenvalue weighted by Gasteiger charge is -2.26. The highest BCUT2D eigenvalue weighted by molar-refractivity contribution is 6.38. The summed E-state index contributed by atoms with van der Waals surface area (Å²) < 4.78 is 0. The minimum Gasteiger partial charge on any atom is -0.465 e. The molecule has 1 aliphatic rings. The first kappa shape index (κ1) is 23.4. The van der Waals surface area contributed by atoms with Gasteiger partial charge in [0.2, 0.25) is 17.6 Å². The Morgan fingerprint density at radius 2 is 1.75 bits per heavy atom. The van der Waals surface area contributed by atoms with Gasteiger partial charge in [-0.1, -0.05) is 27.7 Å². The molecule has 0 aromatic carbocycles. The third-order valence-electron chi connectivity index (χ3n) is 4.38. The molecule has 5 N–H and O–H groups in total. The van der Waals surface area contributed by atoms with Crippen molar-refractivity contribution < 1.29 is 29.1 Å². The summed E-state index contributed by atoms with van der Waals surface area (Å²) in [7, 11) is 0. The van der Waals surface area contributed by atoms with Crippen LogP contribution >= 0.6 is 0 Å². The van der Waals surface area contributed by atoms with E-state index in [4.69, 9.17) is 5.11 Å². The number of nitrogens with one attached hydrogen (secondary N) is 4. The molecule has 10 nitrogen and oxygen atoms in total. The van der Waals surface area contributed by atoms with E-state index in [0.29, 0.717) is 25.8 Å². The van der Waals surface area contributed by atoms with Gasteiger partial charge in [-0.3, -0.25) is 19.2 Å². The molecular weight excluding hydrogens is 368 g/mol. The Balaban J connectivity index is 2.89. The summed E-state index contributed by atoms with van der Waals surface area (Å²) in [6, 6.07) is -2.92. The Labute approximate surface area is 164 Å². The van der Waals surface area contributed by atoms with E-state index in [1.165, 1.54) is 0 Å². The van der Waals surface area contributed by atoms with Crippen molar-refractivity contribution in [3.05, 3.63) is 0 Å². The topological polar surface area (TPSA) is 154 Å². The predicted molar refractivity (Wildman–Crippen MR) is 100 cm³/mol. The number of hydrogen-bond donors (Lipinski definition) is 5. The van der Waals surface area contributed by atoms with Crippen molar-refractivity contribution in [3.63, 3.8) is 0 Å². The summed E-state index contributed by atoms with van der Waals surface area (Å²) in [5.74, 6) is -2.93. The summed E-state index contributed by atoms with van der Waals surface area (Å²) in [6.07, 6.45) is -0.181. The second-order valence-corrected chi connectivity index (χ2v) is 7.69. The molecule has 4 amide bonds. The van der Waals surface area contributed by atoms with Crippen LogP contribution in [0.2, 0.25) is 0 Å². The van der Waals surface area contributed by atoms with Crippen LogP contribution in [0.4, 0.5) is 4.79 Å². The van der Waals surface area contributed by atoms with E-state index in [0.717, 1.165) is 0 Å². The van der Waals surface area contributed by atoms with Crippen molar-refractivity contribution in [2.45, 2.75) is 65.1 Å². The van der Waals surface area contributed by atoms with Gasteiger partial charge >= 0.3 is 6.09 Å². The van der Waals surface area contributed by atoms with Crippen LogP contribution in [0.1, 0.15) is 47.0 Å². The molecule has 1 rings (SSSR count). The van der Waals surface area contributed by atoms with Gasteiger partial charge < -0.3 is 26.4 Å². The molecule has 1 saturated heterocycles. The predicted octanol–water partition coefficient (Wildman–Crippen LogP) is -0.227. The third-order valence-corrected chi connectivity index (χ3v) is 4.38. The molecule has 0 aromatic rings. The largest absolute Gasteiger partial charge is 0.465 e. The minimum atomic E-state index is -1.34. The standard InChI is InChI=1S/C18H30N4O6/c1-9(2)8-12(21-16(25)13(10(3)4)22-18(27)28)15(24)20-11-6-5-7-19-17(26)14(11)23/h9-13,22H,5-8H2,1-4H3,(H,19,26)(H,20,24)(H,21,25)(H,27,28)/t11?,12-,13-/m0/s1. The zero-order valence-corrected chi connectivity index (χ0v) is 16.7. The van der Waals surface area contributed by atoms with Crippen molar-refractivity contribution in [2.75, 3.05) is 6.54 Å². The van der Waals surface area contributed by atoms with Crippen LogP contribution in [0.3, 0.4) is 0 Å². The Morgan fingerprint density at radius 1 is 1.11 bits per heavy atom. The Bertz CT molecular complexity index is 619. The second kappa shape index (κ2) is 10.6. The summed E-state index contributed by atoms with van der Waals surface area (Å²) in [5, 5.41) is 18.7. The molecule has 0 spiro atoms. The number of hydrogen-bond acceptors (Lipinski definition) is 5. The summed E-state index contributed by atoms with van der Waals surface area (Å²) in [6.45, 7) is 7.46. The van der Waals surface area contributed by atoms with E-state index < -0.39 is 47.7 Å². The maximum absolute atomic E-state index is 12.7. The van der Waals surface area contributed by atoms with Gasteiger partial charge in [-0.25, -0.2) is 4.79 Å². The van der Waals surface area contributed by atoms with Crippen molar-refractivity contribution in [2.24, 2.45) is 11.8 Å². The molecule has 158 valence electrons. The van der Waals surface area contributed by atoms with Crippen molar-refractivity contribution in [1.82, 2.24) is 21.3 Å². The van der Waals surface area contributed by atoms with Gasteiger partial charge in [0.1, 0.15) is 12.1 Å². The zero-order chi connectivity index (χ0) is 21.4. The molecule has 0 saturated carbocycles. The van der Waals surface area contributed by atoms with Gasteiger partial charge in [0.25, 0.3) is 5.91 Å². The first-order valence-electron chi connectivity index (χ1n) is 9.45. The van der Waals surface area contributed by atoms with Crippen molar-refractivity contribution in [1.29, 1.82) is 0 Å². The molecule has 0 bridgehead atoms. The fraction of sp³-hybridized carbons (Fsp3) is 0.722. The zero-order valence-electron chi connectivity index (χ0n) is 16.7. The fourth-order valence-electron chi connectivity index (χ4n) is 2.93. The molecule has 3 atom stereocenters. The fourth-order valence-corrected chi connectivity index (χ4v) is 2.93. The van der Waals surface area contributed by atoms with Crippen LogP contribution in [0.15, 0.2) is 0 Å². The monoisotopic (exact) mass is 398 g/mol. The molecule has 0 aliphatic carbocycles. The normalized spacial score (nSPS) is 19.4. The van der Waals surface area contributed by atoms with Gasteiger partial charge in [0.05, 0.1) is 6.04 Å². The van der Waals surface area contributed by atoms with Crippen molar-refractivity contribution in [3.8, 4) is 0 Å². The first-order chi connectivity index (χ1) is 13.0. The average Bonchev–Trinajstić information content (AvgIpc) is 2.73. The third kappa shape index (κ3) is 7.16. The Kier molecular flexibility index (Phi) is 8.87. The van der Waals surface area contributed by atoms with E-state index in [9.17, 15) is 24.0 Å². The minimum absolute atomic E-state index is 0.0501. The molecule has 28 heavy (non-hydrogen) atoms. The van der Waals surface area contributed by atoms with E-state index in [1.54, 1.807) is 13.8 Å². The summed E-state index contributed by atoms with van der Waals surface area (Å²) >= 11 is 0. The molecule has 0 aromatic heterocycles. The van der Waals surface area contributed by atoms with Crippen LogP contribution in [0.25, 0.3) is 0 Å². The van der Waals surface area contributed by atoms with Crippen LogP contribution in [-0.2, 0) is 19.2 Å². The number of carbonyl (C=O) groups excluding carboxylic acids is 4. The van der Waals surface area contributed by atoms with E-state index in [-0.39, 0.29) is 11.8 Å². The molecule has 10 heteroatoms. The number of rotatable bonds is 8. The summed E-state index contributed by atoms with van der Waals surface area (Å²) in [5.41, 5.74) is 0. The molecule has 1 fully saturated rings. The lowest BCUT2D eigenvalue weighted by molar-refractivity contribution is -0.140. The molecular formula is C18H30N4O6. The highest BCUT2D eigenvalue weighted by Crippen LogP contribution is 2.10. The van der Waals surface area contributed by atoms with Crippen LogP contribution < -0.4 is 21.3 Å². The van der Waals surface area contributed by atoms with Gasteiger partial charge in [-0.2, -0.15) is 0 Å². The van der Waals surface area contributed by atoms with Crippen molar-refractivity contribution >= 4 is 29.6 Å². The van der Waals surface area contributed by atoms with E-state index >= 15 is 0 Å². The number of ketones is 1. The Hall–Kier alpha value is -2.65. The smallest absolute Gasteiger partial charge is 0.405 e. The number of Topliss-reactive ketones (excluding diaryl/α,β-unsaturated/α-hetero) is 1. The maximum atomic E-state index is 12.7.